The Morgan fingerprint density at radius 3 is 2.76 bits per heavy atom. The number of carbonyl (C=O) groups is 2. The Labute approximate surface area is 219 Å². The van der Waals surface area contributed by atoms with Gasteiger partial charge in [0, 0.05) is 18.8 Å². The molecule has 1 fully saturated rings. The number of anilines is 3. The highest BCUT2D eigenvalue weighted by Crippen LogP contribution is 2.46. The van der Waals surface area contributed by atoms with Gasteiger partial charge in [-0.15, -0.1) is 11.3 Å². The van der Waals surface area contributed by atoms with Crippen LogP contribution in [0, 0.1) is 0 Å². The standard InChI is InChI=1S/C27H22F3N5O2S/c28-27(29,30)19-9-2-1-8-18(19)15-5-3-7-17(13-15)35-20-10-12-32-25-21(20)22(34-26(35)37)23(38-25)24(36)33-16-6-4-11-31-14-16/h1-3,5,7-10,12-13,16,31H,4,6,11,14H2,(H,33,36)(H,34,37). The van der Waals surface area contributed by atoms with Gasteiger partial charge < -0.3 is 16.0 Å². The number of hydrogen-bond acceptors (Lipinski definition) is 5. The summed E-state index contributed by atoms with van der Waals surface area (Å²) in [7, 11) is 0. The van der Waals surface area contributed by atoms with E-state index in [-0.39, 0.29) is 17.5 Å². The van der Waals surface area contributed by atoms with Gasteiger partial charge in [-0.2, -0.15) is 13.2 Å². The van der Waals surface area contributed by atoms with Gasteiger partial charge >= 0.3 is 12.2 Å². The Balaban J connectivity index is 1.40. The number of aromatic nitrogens is 1. The van der Waals surface area contributed by atoms with Crippen molar-refractivity contribution in [1.29, 1.82) is 0 Å². The molecule has 0 aliphatic carbocycles. The molecule has 6 rings (SSSR count). The van der Waals surface area contributed by atoms with Crippen LogP contribution in [0.5, 0.6) is 0 Å². The van der Waals surface area contributed by atoms with Crippen molar-refractivity contribution in [3.8, 4) is 11.1 Å². The van der Waals surface area contributed by atoms with Crippen LogP contribution in [0.2, 0.25) is 0 Å². The van der Waals surface area contributed by atoms with Crippen LogP contribution < -0.4 is 20.9 Å². The third kappa shape index (κ3) is 4.27. The van der Waals surface area contributed by atoms with Crippen molar-refractivity contribution < 1.29 is 22.8 Å². The Morgan fingerprint density at radius 2 is 1.97 bits per heavy atom. The Morgan fingerprint density at radius 1 is 1.13 bits per heavy atom. The fourth-order valence-electron chi connectivity index (χ4n) is 5.02. The van der Waals surface area contributed by atoms with Crippen LogP contribution >= 0.6 is 11.3 Å². The first-order chi connectivity index (χ1) is 18.3. The molecular weight excluding hydrogens is 515 g/mol. The van der Waals surface area contributed by atoms with E-state index in [1.54, 1.807) is 42.6 Å². The number of halogens is 3. The SMILES string of the molecule is O=C(NC1CCCNC1)c1sc2nccc3c2c1NC(=O)N3c1cccc(-c2ccccc2C(F)(F)F)c1. The third-order valence-electron chi connectivity index (χ3n) is 6.73. The molecule has 2 aromatic carbocycles. The van der Waals surface area contributed by atoms with Gasteiger partial charge in [0.2, 0.25) is 0 Å². The number of nitrogens with one attached hydrogen (secondary N) is 3. The highest BCUT2D eigenvalue weighted by atomic mass is 32.1. The molecule has 2 aromatic heterocycles. The minimum absolute atomic E-state index is 0.000743. The largest absolute Gasteiger partial charge is 0.417 e. The molecule has 0 radical (unpaired) electrons. The summed E-state index contributed by atoms with van der Waals surface area (Å²) in [6.07, 6.45) is -1.13. The molecule has 7 nitrogen and oxygen atoms in total. The molecule has 11 heteroatoms. The number of pyridine rings is 1. The first kappa shape index (κ1) is 24.4. The lowest BCUT2D eigenvalue weighted by molar-refractivity contribution is -0.137. The van der Waals surface area contributed by atoms with Crippen LogP contribution in [0.3, 0.4) is 0 Å². The minimum atomic E-state index is -4.53. The number of thiophene rings is 1. The average molecular weight is 538 g/mol. The maximum atomic E-state index is 13.7. The van der Waals surface area contributed by atoms with Gasteiger partial charge in [-0.05, 0) is 54.8 Å². The molecule has 1 unspecified atom stereocenters. The molecular formula is C27H22F3N5O2S. The first-order valence-corrected chi connectivity index (χ1v) is 12.9. The van der Waals surface area contributed by atoms with Crippen molar-refractivity contribution in [2.75, 3.05) is 23.3 Å². The zero-order valence-corrected chi connectivity index (χ0v) is 20.7. The number of nitrogens with zero attached hydrogens (tertiary/aromatic N) is 2. The molecule has 3 N–H and O–H groups in total. The molecule has 2 aliphatic rings. The van der Waals surface area contributed by atoms with Crippen LogP contribution in [0.15, 0.2) is 60.8 Å². The van der Waals surface area contributed by atoms with Crippen molar-refractivity contribution in [3.05, 3.63) is 71.2 Å². The van der Waals surface area contributed by atoms with E-state index in [0.717, 1.165) is 25.5 Å². The normalized spacial score (nSPS) is 17.4. The summed E-state index contributed by atoms with van der Waals surface area (Å²) in [5.74, 6) is -0.276. The molecule has 4 aromatic rings. The first-order valence-electron chi connectivity index (χ1n) is 12.1. The zero-order chi connectivity index (χ0) is 26.4. The van der Waals surface area contributed by atoms with E-state index in [1.807, 2.05) is 0 Å². The van der Waals surface area contributed by atoms with E-state index in [9.17, 15) is 22.8 Å². The molecule has 0 saturated carbocycles. The van der Waals surface area contributed by atoms with E-state index < -0.39 is 17.8 Å². The molecule has 1 saturated heterocycles. The maximum absolute atomic E-state index is 13.7. The van der Waals surface area contributed by atoms with Crippen LogP contribution in [-0.2, 0) is 6.18 Å². The number of amides is 3. The van der Waals surface area contributed by atoms with Gasteiger partial charge in [-0.25, -0.2) is 9.78 Å². The number of rotatable bonds is 4. The summed E-state index contributed by atoms with van der Waals surface area (Å²) >= 11 is 1.19. The fourth-order valence-corrected chi connectivity index (χ4v) is 6.04. The second-order valence-corrected chi connectivity index (χ2v) is 10.2. The summed E-state index contributed by atoms with van der Waals surface area (Å²) in [5.41, 5.74) is 0.882. The van der Waals surface area contributed by atoms with E-state index in [0.29, 0.717) is 44.3 Å². The number of benzene rings is 2. The number of carbonyl (C=O) groups excluding carboxylic acids is 2. The van der Waals surface area contributed by atoms with Crippen molar-refractivity contribution in [3.63, 3.8) is 0 Å². The van der Waals surface area contributed by atoms with Gasteiger partial charge in [-0.1, -0.05) is 30.3 Å². The number of urea groups is 1. The Kier molecular flexibility index (Phi) is 6.04. The van der Waals surface area contributed by atoms with Crippen LogP contribution in [0.1, 0.15) is 28.1 Å². The average Bonchev–Trinajstić information content (AvgIpc) is 3.28. The van der Waals surface area contributed by atoms with Gasteiger partial charge in [0.15, 0.2) is 0 Å². The maximum Gasteiger partial charge on any atom is 0.417 e. The summed E-state index contributed by atoms with van der Waals surface area (Å²) < 4.78 is 41.0. The van der Waals surface area contributed by atoms with Crippen molar-refractivity contribution >= 4 is 50.6 Å². The third-order valence-corrected chi connectivity index (χ3v) is 7.83. The highest BCUT2D eigenvalue weighted by molar-refractivity contribution is 7.21. The summed E-state index contributed by atoms with van der Waals surface area (Å²) in [4.78, 5) is 33.3. The van der Waals surface area contributed by atoms with E-state index in [4.69, 9.17) is 0 Å². The lowest BCUT2D eigenvalue weighted by Gasteiger charge is -2.29. The van der Waals surface area contributed by atoms with Crippen molar-refractivity contribution in [2.45, 2.75) is 25.1 Å². The molecule has 1 atom stereocenters. The van der Waals surface area contributed by atoms with Gasteiger partial charge in [0.05, 0.1) is 28.0 Å². The van der Waals surface area contributed by atoms with Gasteiger partial charge in [0.1, 0.15) is 9.71 Å². The Bertz CT molecular complexity index is 1560. The summed E-state index contributed by atoms with van der Waals surface area (Å²) in [6.45, 7) is 1.60. The molecule has 0 bridgehead atoms. The Hall–Kier alpha value is -3.96. The molecule has 2 aliphatic heterocycles. The summed E-state index contributed by atoms with van der Waals surface area (Å²) in [6, 6.07) is 12.9. The van der Waals surface area contributed by atoms with Crippen LogP contribution in [0.25, 0.3) is 21.3 Å². The lowest BCUT2D eigenvalue weighted by Crippen LogP contribution is -2.45. The second-order valence-electron chi connectivity index (χ2n) is 9.19. The zero-order valence-electron chi connectivity index (χ0n) is 19.9. The van der Waals surface area contributed by atoms with Crippen molar-refractivity contribution in [2.24, 2.45) is 0 Å². The molecule has 0 spiro atoms. The quantitative estimate of drug-likeness (QED) is 0.292. The summed E-state index contributed by atoms with van der Waals surface area (Å²) in [5, 5.41) is 9.75. The molecule has 3 amide bonds. The number of alkyl halides is 3. The van der Waals surface area contributed by atoms with Gasteiger partial charge in [0.25, 0.3) is 5.91 Å². The lowest BCUT2D eigenvalue weighted by atomic mass is 9.98. The predicted molar refractivity (Wildman–Crippen MR) is 141 cm³/mol. The minimum Gasteiger partial charge on any atom is -0.347 e. The number of piperidine rings is 1. The molecule has 194 valence electrons. The smallest absolute Gasteiger partial charge is 0.347 e. The predicted octanol–water partition coefficient (Wildman–Crippen LogP) is 6.15. The van der Waals surface area contributed by atoms with Crippen molar-refractivity contribution in [1.82, 2.24) is 15.6 Å². The van der Waals surface area contributed by atoms with E-state index in [1.165, 1.54) is 28.4 Å². The van der Waals surface area contributed by atoms with Crippen LogP contribution in [0.4, 0.5) is 35.0 Å². The fraction of sp³-hybridized carbons (Fsp3) is 0.222. The van der Waals surface area contributed by atoms with Crippen LogP contribution in [-0.4, -0.2) is 36.1 Å². The van der Waals surface area contributed by atoms with E-state index >= 15 is 0 Å². The second kappa shape index (κ2) is 9.41. The van der Waals surface area contributed by atoms with E-state index in [2.05, 4.69) is 20.9 Å². The highest BCUT2D eigenvalue weighted by Gasteiger charge is 2.35. The number of hydrogen-bond donors (Lipinski definition) is 3. The molecule has 4 heterocycles. The monoisotopic (exact) mass is 537 g/mol. The topological polar surface area (TPSA) is 86.4 Å². The molecule has 38 heavy (non-hydrogen) atoms. The van der Waals surface area contributed by atoms with Gasteiger partial charge in [-0.3, -0.25) is 9.69 Å².